The van der Waals surface area contributed by atoms with Gasteiger partial charge >= 0.3 is 0 Å². The van der Waals surface area contributed by atoms with Crippen LogP contribution in [-0.4, -0.2) is 37.0 Å². The van der Waals surface area contributed by atoms with Gasteiger partial charge in [0.1, 0.15) is 0 Å². The summed E-state index contributed by atoms with van der Waals surface area (Å²) in [5.41, 5.74) is 0.0477. The van der Waals surface area contributed by atoms with E-state index < -0.39 is 17.5 Å². The quantitative estimate of drug-likeness (QED) is 0.797. The molecule has 1 amide bonds. The van der Waals surface area contributed by atoms with E-state index in [1.54, 1.807) is 9.80 Å². The Balaban J connectivity index is 2.04. The maximum absolute atomic E-state index is 13.7. The highest BCUT2D eigenvalue weighted by molar-refractivity contribution is 5.76. The van der Waals surface area contributed by atoms with E-state index in [2.05, 4.69) is 0 Å². The standard InChI is InChI=1S/C14H17F3N2O/c1-2-3-12(20)19-8-6-18(7-9-19)11-5-4-10(15)13(16)14(11)17/h4-5H,2-3,6-9H2,1H3. The second-order valence-corrected chi connectivity index (χ2v) is 4.81. The van der Waals surface area contributed by atoms with Crippen molar-refractivity contribution >= 4 is 11.6 Å². The molecule has 1 aromatic carbocycles. The molecule has 0 radical (unpaired) electrons. The van der Waals surface area contributed by atoms with Gasteiger partial charge in [-0.1, -0.05) is 6.92 Å². The van der Waals surface area contributed by atoms with Crippen molar-refractivity contribution < 1.29 is 18.0 Å². The molecule has 0 atom stereocenters. The molecule has 2 rings (SSSR count). The summed E-state index contributed by atoms with van der Waals surface area (Å²) in [5, 5.41) is 0. The first-order valence-corrected chi connectivity index (χ1v) is 6.70. The van der Waals surface area contributed by atoms with Crippen molar-refractivity contribution in [3.05, 3.63) is 29.6 Å². The van der Waals surface area contributed by atoms with Crippen LogP contribution < -0.4 is 4.90 Å². The lowest BCUT2D eigenvalue weighted by atomic mass is 10.2. The minimum Gasteiger partial charge on any atom is -0.366 e. The molecule has 0 spiro atoms. The number of hydrogen-bond donors (Lipinski definition) is 0. The highest BCUT2D eigenvalue weighted by Crippen LogP contribution is 2.24. The van der Waals surface area contributed by atoms with Gasteiger partial charge in [-0.25, -0.2) is 13.2 Å². The Morgan fingerprint density at radius 1 is 1.10 bits per heavy atom. The fourth-order valence-corrected chi connectivity index (χ4v) is 2.33. The van der Waals surface area contributed by atoms with Gasteiger partial charge in [-0.3, -0.25) is 4.79 Å². The van der Waals surface area contributed by atoms with Crippen LogP contribution in [0.4, 0.5) is 18.9 Å². The summed E-state index contributed by atoms with van der Waals surface area (Å²) in [6.07, 6.45) is 1.29. The molecule has 1 aliphatic heterocycles. The number of benzene rings is 1. The smallest absolute Gasteiger partial charge is 0.222 e. The average Bonchev–Trinajstić information content (AvgIpc) is 2.45. The number of anilines is 1. The molecule has 20 heavy (non-hydrogen) atoms. The molecule has 0 N–H and O–H groups in total. The number of rotatable bonds is 3. The minimum absolute atomic E-state index is 0.0477. The molecule has 0 aliphatic carbocycles. The number of hydrogen-bond acceptors (Lipinski definition) is 2. The van der Waals surface area contributed by atoms with Crippen LogP contribution in [0, 0.1) is 17.5 Å². The summed E-state index contributed by atoms with van der Waals surface area (Å²) in [4.78, 5) is 15.1. The summed E-state index contributed by atoms with van der Waals surface area (Å²) in [5.74, 6) is -3.73. The third kappa shape index (κ3) is 2.89. The van der Waals surface area contributed by atoms with E-state index in [1.807, 2.05) is 6.92 Å². The molecule has 1 heterocycles. The molecule has 6 heteroatoms. The van der Waals surface area contributed by atoms with Crippen molar-refractivity contribution in [2.45, 2.75) is 19.8 Å². The second kappa shape index (κ2) is 6.15. The van der Waals surface area contributed by atoms with Gasteiger partial charge < -0.3 is 9.80 Å². The molecule has 0 saturated carbocycles. The maximum Gasteiger partial charge on any atom is 0.222 e. The summed E-state index contributed by atoms with van der Waals surface area (Å²) in [7, 11) is 0. The number of carbonyl (C=O) groups is 1. The van der Waals surface area contributed by atoms with Gasteiger partial charge in [0, 0.05) is 32.6 Å². The van der Waals surface area contributed by atoms with Gasteiger partial charge in [0.05, 0.1) is 5.69 Å². The SMILES string of the molecule is CCCC(=O)N1CCN(c2ccc(F)c(F)c2F)CC1. The molecule has 110 valence electrons. The van der Waals surface area contributed by atoms with Crippen molar-refractivity contribution in [3.63, 3.8) is 0 Å². The Morgan fingerprint density at radius 3 is 2.35 bits per heavy atom. The largest absolute Gasteiger partial charge is 0.366 e. The van der Waals surface area contributed by atoms with Crippen LogP contribution in [0.2, 0.25) is 0 Å². The van der Waals surface area contributed by atoms with Crippen molar-refractivity contribution in [3.8, 4) is 0 Å². The molecule has 3 nitrogen and oxygen atoms in total. The monoisotopic (exact) mass is 286 g/mol. The first-order valence-electron chi connectivity index (χ1n) is 6.70. The Hall–Kier alpha value is -1.72. The van der Waals surface area contributed by atoms with E-state index >= 15 is 0 Å². The minimum atomic E-state index is -1.45. The molecule has 0 bridgehead atoms. The maximum atomic E-state index is 13.7. The van der Waals surface area contributed by atoms with Gasteiger partial charge in [0.25, 0.3) is 0 Å². The number of amides is 1. The zero-order valence-electron chi connectivity index (χ0n) is 11.3. The first-order chi connectivity index (χ1) is 9.54. The predicted octanol–water partition coefficient (Wildman–Crippen LogP) is 2.55. The van der Waals surface area contributed by atoms with Gasteiger partial charge in [0.15, 0.2) is 17.5 Å². The molecular formula is C14H17F3N2O. The molecule has 1 aliphatic rings. The Labute approximate surface area is 116 Å². The third-order valence-electron chi connectivity index (χ3n) is 3.45. The van der Waals surface area contributed by atoms with E-state index in [1.165, 1.54) is 6.07 Å². The van der Waals surface area contributed by atoms with Crippen molar-refractivity contribution in [1.82, 2.24) is 4.90 Å². The van der Waals surface area contributed by atoms with Crippen LogP contribution in [0.1, 0.15) is 19.8 Å². The third-order valence-corrected chi connectivity index (χ3v) is 3.45. The molecule has 0 aromatic heterocycles. The van der Waals surface area contributed by atoms with Crippen LogP contribution in [0.15, 0.2) is 12.1 Å². The fraction of sp³-hybridized carbons (Fsp3) is 0.500. The van der Waals surface area contributed by atoms with E-state index in [0.717, 1.165) is 12.5 Å². The van der Waals surface area contributed by atoms with E-state index in [0.29, 0.717) is 32.6 Å². The van der Waals surface area contributed by atoms with E-state index in [9.17, 15) is 18.0 Å². The summed E-state index contributed by atoms with van der Waals surface area (Å²) in [6.45, 7) is 3.70. The highest BCUT2D eigenvalue weighted by atomic mass is 19.2. The van der Waals surface area contributed by atoms with Crippen LogP contribution in [0.5, 0.6) is 0 Å². The summed E-state index contributed by atoms with van der Waals surface area (Å²) < 4.78 is 39.8. The van der Waals surface area contributed by atoms with Crippen LogP contribution in [-0.2, 0) is 4.79 Å². The normalized spacial score (nSPS) is 15.6. The molecule has 1 saturated heterocycles. The van der Waals surface area contributed by atoms with Crippen LogP contribution >= 0.6 is 0 Å². The van der Waals surface area contributed by atoms with Gasteiger partial charge in [-0.05, 0) is 18.6 Å². The fourth-order valence-electron chi connectivity index (χ4n) is 2.33. The predicted molar refractivity (Wildman–Crippen MR) is 70.0 cm³/mol. The zero-order valence-corrected chi connectivity index (χ0v) is 11.3. The Bertz CT molecular complexity index is 499. The van der Waals surface area contributed by atoms with Crippen molar-refractivity contribution in [2.75, 3.05) is 31.1 Å². The summed E-state index contributed by atoms with van der Waals surface area (Å²) in [6, 6.07) is 2.15. The lowest BCUT2D eigenvalue weighted by Gasteiger charge is -2.36. The molecule has 1 fully saturated rings. The number of halogens is 3. The first kappa shape index (κ1) is 14.7. The number of carbonyl (C=O) groups excluding carboxylic acids is 1. The van der Waals surface area contributed by atoms with Gasteiger partial charge in [-0.2, -0.15) is 0 Å². The molecule has 1 aromatic rings. The van der Waals surface area contributed by atoms with Crippen LogP contribution in [0.3, 0.4) is 0 Å². The van der Waals surface area contributed by atoms with E-state index in [-0.39, 0.29) is 11.6 Å². The van der Waals surface area contributed by atoms with Crippen molar-refractivity contribution in [2.24, 2.45) is 0 Å². The molecule has 0 unspecified atom stereocenters. The number of piperazine rings is 1. The lowest BCUT2D eigenvalue weighted by molar-refractivity contribution is -0.131. The second-order valence-electron chi connectivity index (χ2n) is 4.81. The Morgan fingerprint density at radius 2 is 1.75 bits per heavy atom. The average molecular weight is 286 g/mol. The Kier molecular flexibility index (Phi) is 4.52. The summed E-state index contributed by atoms with van der Waals surface area (Å²) >= 11 is 0. The van der Waals surface area contributed by atoms with E-state index in [4.69, 9.17) is 0 Å². The lowest BCUT2D eigenvalue weighted by Crippen LogP contribution is -2.49. The molecular weight excluding hydrogens is 269 g/mol. The zero-order chi connectivity index (χ0) is 14.7. The van der Waals surface area contributed by atoms with Crippen molar-refractivity contribution in [1.29, 1.82) is 0 Å². The highest BCUT2D eigenvalue weighted by Gasteiger charge is 2.24. The topological polar surface area (TPSA) is 23.6 Å². The van der Waals surface area contributed by atoms with Gasteiger partial charge in [0.2, 0.25) is 5.91 Å². The van der Waals surface area contributed by atoms with Gasteiger partial charge in [-0.15, -0.1) is 0 Å². The number of nitrogens with zero attached hydrogens (tertiary/aromatic N) is 2. The van der Waals surface area contributed by atoms with Crippen LogP contribution in [0.25, 0.3) is 0 Å².